The molecule has 0 aromatic carbocycles. The topological polar surface area (TPSA) is 70.4 Å². The molecule has 0 spiro atoms. The Morgan fingerprint density at radius 3 is 2.73 bits per heavy atom. The molecule has 0 saturated heterocycles. The fourth-order valence-electron chi connectivity index (χ4n) is 2.81. The van der Waals surface area contributed by atoms with Gasteiger partial charge in [-0.05, 0) is 33.6 Å². The van der Waals surface area contributed by atoms with Crippen LogP contribution in [-0.4, -0.2) is 45.5 Å². The summed E-state index contributed by atoms with van der Waals surface area (Å²) < 4.78 is 1.83. The standard InChI is InChI=1S/C16H28N4O2/c1-16(2,3)20-11-13(9-17-20)18-15(22)19(4)10-12-7-5-6-8-14(12)21/h9,11-12,14,21H,5-8,10H2,1-4H3,(H,18,22). The van der Waals surface area contributed by atoms with Crippen molar-refractivity contribution in [1.29, 1.82) is 0 Å². The number of hydrogen-bond acceptors (Lipinski definition) is 3. The number of rotatable bonds is 3. The van der Waals surface area contributed by atoms with Crippen LogP contribution in [0.1, 0.15) is 46.5 Å². The predicted octanol–water partition coefficient (Wildman–Crippen LogP) is 2.65. The first-order chi connectivity index (χ1) is 10.3. The van der Waals surface area contributed by atoms with Gasteiger partial charge in [-0.2, -0.15) is 5.10 Å². The molecule has 2 unspecified atom stereocenters. The number of urea groups is 1. The maximum absolute atomic E-state index is 12.2. The highest BCUT2D eigenvalue weighted by Gasteiger charge is 2.25. The second-order valence-corrected chi connectivity index (χ2v) is 7.27. The first-order valence-electron chi connectivity index (χ1n) is 8.02. The highest BCUT2D eigenvalue weighted by Crippen LogP contribution is 2.25. The van der Waals surface area contributed by atoms with Gasteiger partial charge < -0.3 is 15.3 Å². The summed E-state index contributed by atoms with van der Waals surface area (Å²) in [5.74, 6) is 0.182. The van der Waals surface area contributed by atoms with Crippen molar-refractivity contribution in [1.82, 2.24) is 14.7 Å². The van der Waals surface area contributed by atoms with E-state index in [4.69, 9.17) is 0 Å². The van der Waals surface area contributed by atoms with Crippen molar-refractivity contribution < 1.29 is 9.90 Å². The second-order valence-electron chi connectivity index (χ2n) is 7.27. The number of aromatic nitrogens is 2. The van der Waals surface area contributed by atoms with Crippen LogP contribution in [0.2, 0.25) is 0 Å². The minimum atomic E-state index is -0.285. The van der Waals surface area contributed by atoms with Crippen LogP contribution < -0.4 is 5.32 Å². The molecule has 1 saturated carbocycles. The number of amides is 2. The fraction of sp³-hybridized carbons (Fsp3) is 0.750. The van der Waals surface area contributed by atoms with E-state index in [0.717, 1.165) is 25.7 Å². The van der Waals surface area contributed by atoms with Crippen LogP contribution in [0.15, 0.2) is 12.4 Å². The largest absolute Gasteiger partial charge is 0.393 e. The van der Waals surface area contributed by atoms with Crippen molar-refractivity contribution in [2.24, 2.45) is 5.92 Å². The molecular formula is C16H28N4O2. The summed E-state index contributed by atoms with van der Waals surface area (Å²) in [6, 6.07) is -0.161. The van der Waals surface area contributed by atoms with Crippen molar-refractivity contribution in [2.75, 3.05) is 18.9 Å². The summed E-state index contributed by atoms with van der Waals surface area (Å²) in [5.41, 5.74) is 0.581. The molecule has 2 atom stereocenters. The maximum Gasteiger partial charge on any atom is 0.321 e. The molecule has 2 N–H and O–H groups in total. The lowest BCUT2D eigenvalue weighted by Gasteiger charge is -2.31. The lowest BCUT2D eigenvalue weighted by atomic mass is 9.86. The van der Waals surface area contributed by atoms with Crippen molar-refractivity contribution in [3.8, 4) is 0 Å². The summed E-state index contributed by atoms with van der Waals surface area (Å²) in [6.07, 6.45) is 7.26. The Morgan fingerprint density at radius 1 is 1.45 bits per heavy atom. The summed E-state index contributed by atoms with van der Waals surface area (Å²) >= 11 is 0. The molecule has 6 nitrogen and oxygen atoms in total. The third-order valence-electron chi connectivity index (χ3n) is 4.25. The summed E-state index contributed by atoms with van der Waals surface area (Å²) in [4.78, 5) is 13.9. The molecule has 124 valence electrons. The van der Waals surface area contributed by atoms with Gasteiger partial charge in [-0.1, -0.05) is 12.8 Å². The minimum absolute atomic E-state index is 0.110. The van der Waals surface area contributed by atoms with Crippen molar-refractivity contribution in [3.05, 3.63) is 12.4 Å². The van der Waals surface area contributed by atoms with Gasteiger partial charge in [-0.15, -0.1) is 0 Å². The van der Waals surface area contributed by atoms with E-state index in [1.54, 1.807) is 18.1 Å². The van der Waals surface area contributed by atoms with Gasteiger partial charge in [0.2, 0.25) is 0 Å². The highest BCUT2D eigenvalue weighted by molar-refractivity contribution is 5.88. The zero-order valence-corrected chi connectivity index (χ0v) is 14.0. The van der Waals surface area contributed by atoms with Gasteiger partial charge in [0.15, 0.2) is 0 Å². The van der Waals surface area contributed by atoms with Crippen molar-refractivity contribution in [2.45, 2.75) is 58.1 Å². The van der Waals surface area contributed by atoms with E-state index >= 15 is 0 Å². The molecule has 1 heterocycles. The highest BCUT2D eigenvalue weighted by atomic mass is 16.3. The van der Waals surface area contributed by atoms with Crippen molar-refractivity contribution in [3.63, 3.8) is 0 Å². The summed E-state index contributed by atoms with van der Waals surface area (Å²) in [7, 11) is 1.77. The average Bonchev–Trinajstić information content (AvgIpc) is 2.89. The summed E-state index contributed by atoms with van der Waals surface area (Å²) in [6.45, 7) is 6.76. The number of nitrogens with zero attached hydrogens (tertiary/aromatic N) is 3. The smallest absolute Gasteiger partial charge is 0.321 e. The zero-order valence-electron chi connectivity index (χ0n) is 14.0. The van der Waals surface area contributed by atoms with Crippen LogP contribution in [0.4, 0.5) is 10.5 Å². The van der Waals surface area contributed by atoms with Crippen LogP contribution in [0.5, 0.6) is 0 Å². The summed E-state index contributed by atoms with van der Waals surface area (Å²) in [5, 5.41) is 17.1. The Bertz CT molecular complexity index is 506. The normalized spacial score (nSPS) is 22.4. The molecule has 1 aromatic rings. The monoisotopic (exact) mass is 308 g/mol. The first kappa shape index (κ1) is 16.8. The molecule has 2 rings (SSSR count). The van der Waals surface area contributed by atoms with Crippen LogP contribution in [0, 0.1) is 5.92 Å². The lowest BCUT2D eigenvalue weighted by Crippen LogP contribution is -2.40. The SMILES string of the molecule is CN(CC1CCCCC1O)C(=O)Nc1cnn(C(C)(C)C)c1. The fourth-order valence-corrected chi connectivity index (χ4v) is 2.81. The number of carbonyl (C=O) groups is 1. The molecule has 2 amide bonds. The predicted molar refractivity (Wildman–Crippen MR) is 86.8 cm³/mol. The molecular weight excluding hydrogens is 280 g/mol. The van der Waals surface area contributed by atoms with Crippen molar-refractivity contribution >= 4 is 11.7 Å². The van der Waals surface area contributed by atoms with Gasteiger partial charge in [0, 0.05) is 25.7 Å². The molecule has 22 heavy (non-hydrogen) atoms. The number of hydrogen-bond donors (Lipinski definition) is 2. The first-order valence-corrected chi connectivity index (χ1v) is 8.02. The molecule has 0 bridgehead atoms. The number of aliphatic hydroxyl groups is 1. The van der Waals surface area contributed by atoms with E-state index in [-0.39, 0.29) is 23.6 Å². The molecule has 6 heteroatoms. The van der Waals surface area contributed by atoms with Gasteiger partial charge >= 0.3 is 6.03 Å². The van der Waals surface area contributed by atoms with E-state index < -0.39 is 0 Å². The third kappa shape index (κ3) is 4.22. The van der Waals surface area contributed by atoms with Crippen LogP contribution in [0.25, 0.3) is 0 Å². The van der Waals surface area contributed by atoms with E-state index in [9.17, 15) is 9.90 Å². The minimum Gasteiger partial charge on any atom is -0.393 e. The maximum atomic E-state index is 12.2. The third-order valence-corrected chi connectivity index (χ3v) is 4.25. The number of nitrogens with one attached hydrogen (secondary N) is 1. The molecule has 0 radical (unpaired) electrons. The lowest BCUT2D eigenvalue weighted by molar-refractivity contribution is 0.0575. The van der Waals surface area contributed by atoms with E-state index in [2.05, 4.69) is 31.2 Å². The molecule has 1 fully saturated rings. The number of anilines is 1. The van der Waals surface area contributed by atoms with Crippen LogP contribution >= 0.6 is 0 Å². The Morgan fingerprint density at radius 2 is 2.14 bits per heavy atom. The Kier molecular flexibility index (Phi) is 5.11. The van der Waals surface area contributed by atoms with Gasteiger partial charge in [-0.25, -0.2) is 4.79 Å². The number of carbonyl (C=O) groups excluding carboxylic acids is 1. The van der Waals surface area contributed by atoms with Gasteiger partial charge in [0.25, 0.3) is 0 Å². The van der Waals surface area contributed by atoms with E-state index in [1.807, 2.05) is 10.9 Å². The number of aliphatic hydroxyl groups excluding tert-OH is 1. The van der Waals surface area contributed by atoms with E-state index in [1.165, 1.54) is 0 Å². The molecule has 1 aromatic heterocycles. The van der Waals surface area contributed by atoms with Crippen LogP contribution in [0.3, 0.4) is 0 Å². The quantitative estimate of drug-likeness (QED) is 0.902. The Labute approximate surface area is 132 Å². The molecule has 1 aliphatic carbocycles. The molecule has 1 aliphatic rings. The average molecular weight is 308 g/mol. The van der Waals surface area contributed by atoms with Gasteiger partial charge in [0.1, 0.15) is 0 Å². The Balaban J connectivity index is 1.89. The van der Waals surface area contributed by atoms with Gasteiger partial charge in [0.05, 0.1) is 23.5 Å². The zero-order chi connectivity index (χ0) is 16.3. The van der Waals surface area contributed by atoms with Gasteiger partial charge in [-0.3, -0.25) is 4.68 Å². The van der Waals surface area contributed by atoms with E-state index in [0.29, 0.717) is 12.2 Å². The van der Waals surface area contributed by atoms with Crippen LogP contribution in [-0.2, 0) is 5.54 Å². The Hall–Kier alpha value is -1.56. The second kappa shape index (κ2) is 6.69. The molecule has 0 aliphatic heterocycles.